The maximum Gasteiger partial charge on any atom is 0.304 e. The molecule has 0 bridgehead atoms. The van der Waals surface area contributed by atoms with Crippen LogP contribution in [0.4, 0.5) is 0 Å². The van der Waals surface area contributed by atoms with Gasteiger partial charge in [0.15, 0.2) is 0 Å². The van der Waals surface area contributed by atoms with Gasteiger partial charge in [-0.15, -0.1) is 0 Å². The molecule has 1 atom stereocenters. The summed E-state index contributed by atoms with van der Waals surface area (Å²) in [5.41, 5.74) is 4.87. The van der Waals surface area contributed by atoms with Gasteiger partial charge < -0.3 is 4.74 Å². The number of esters is 1. The second kappa shape index (κ2) is 2.99. The van der Waals surface area contributed by atoms with E-state index in [1.54, 1.807) is 0 Å². The largest absolute Gasteiger partial charge is 0.433 e. The summed E-state index contributed by atoms with van der Waals surface area (Å²) >= 11 is 0. The van der Waals surface area contributed by atoms with Crippen LogP contribution in [0.5, 0.6) is 0 Å². The van der Waals surface area contributed by atoms with Crippen LogP contribution in [0.15, 0.2) is 0 Å². The third kappa shape index (κ3) is 3.12. The molecular weight excluding hydrogens is 108 g/mol. The Morgan fingerprint density at radius 1 is 2.00 bits per heavy atom. The van der Waals surface area contributed by atoms with Crippen LogP contribution in [0.3, 0.4) is 0 Å². The lowest BCUT2D eigenvalue weighted by Gasteiger charge is -1.99. The van der Waals surface area contributed by atoms with Crippen molar-refractivity contribution >= 4 is 5.97 Å². The summed E-state index contributed by atoms with van der Waals surface area (Å²) in [5, 5.41) is 7.93. The van der Waals surface area contributed by atoms with Crippen LogP contribution in [0.2, 0.25) is 0 Å². The Hall–Kier alpha value is -1.08. The van der Waals surface area contributed by atoms with Crippen LogP contribution in [0, 0.1) is 11.3 Å². The highest BCUT2D eigenvalue weighted by Crippen LogP contribution is 1.78. The number of ether oxygens (including phenoxy) is 1. The molecule has 4 heteroatoms. The van der Waals surface area contributed by atoms with Crippen LogP contribution in [0.1, 0.15) is 6.92 Å². The molecular formula is C4H6N2O2. The van der Waals surface area contributed by atoms with Gasteiger partial charge >= 0.3 is 5.97 Å². The Morgan fingerprint density at radius 3 is 2.62 bits per heavy atom. The lowest BCUT2D eigenvalue weighted by molar-refractivity contribution is -0.143. The van der Waals surface area contributed by atoms with Crippen molar-refractivity contribution in [3.05, 3.63) is 0 Å². The monoisotopic (exact) mass is 114 g/mol. The minimum atomic E-state index is -1.12. The molecule has 0 amide bonds. The number of rotatable bonds is 1. The third-order valence-electron chi connectivity index (χ3n) is 0.420. The van der Waals surface area contributed by atoms with E-state index in [9.17, 15) is 4.79 Å². The molecule has 0 saturated heterocycles. The fourth-order valence-corrected chi connectivity index (χ4v) is 0.205. The molecule has 0 aliphatic heterocycles. The fourth-order valence-electron chi connectivity index (χ4n) is 0.205. The summed E-state index contributed by atoms with van der Waals surface area (Å²) in [6.07, 6.45) is -1.12. The van der Waals surface area contributed by atoms with Crippen molar-refractivity contribution in [1.82, 2.24) is 0 Å². The Kier molecular flexibility index (Phi) is 2.59. The van der Waals surface area contributed by atoms with Crippen LogP contribution in [-0.2, 0) is 9.53 Å². The molecule has 0 rings (SSSR count). The highest BCUT2D eigenvalue weighted by molar-refractivity contribution is 5.66. The molecule has 44 valence electrons. The van der Waals surface area contributed by atoms with E-state index in [-0.39, 0.29) is 0 Å². The van der Waals surface area contributed by atoms with Crippen molar-refractivity contribution < 1.29 is 9.53 Å². The van der Waals surface area contributed by atoms with Crippen molar-refractivity contribution in [2.24, 2.45) is 5.73 Å². The van der Waals surface area contributed by atoms with Crippen LogP contribution in [-0.4, -0.2) is 12.2 Å². The minimum absolute atomic E-state index is 0.543. The van der Waals surface area contributed by atoms with Gasteiger partial charge in [0.1, 0.15) is 6.07 Å². The molecule has 0 radical (unpaired) electrons. The maximum atomic E-state index is 9.96. The number of carbonyl (C=O) groups excluding carboxylic acids is 1. The van der Waals surface area contributed by atoms with Crippen molar-refractivity contribution in [2.45, 2.75) is 13.2 Å². The predicted molar refractivity (Wildman–Crippen MR) is 25.4 cm³/mol. The summed E-state index contributed by atoms with van der Waals surface area (Å²) in [5.74, 6) is -0.543. The standard InChI is InChI=1S/C4H6N2O2/c1-3(7)8-4(6)2-5/h4H,6H2,1H3. The number of carbonyl (C=O) groups is 1. The third-order valence-corrected chi connectivity index (χ3v) is 0.420. The van der Waals surface area contributed by atoms with Crippen molar-refractivity contribution in [1.29, 1.82) is 5.26 Å². The average molecular weight is 114 g/mol. The van der Waals surface area contributed by atoms with E-state index in [4.69, 9.17) is 11.0 Å². The zero-order valence-electron chi connectivity index (χ0n) is 4.42. The number of nitrogens with two attached hydrogens (primary N) is 1. The second-order valence-corrected chi connectivity index (χ2v) is 1.16. The Morgan fingerprint density at radius 2 is 2.50 bits per heavy atom. The maximum absolute atomic E-state index is 9.96. The van der Waals surface area contributed by atoms with E-state index >= 15 is 0 Å². The van der Waals surface area contributed by atoms with Crippen LogP contribution in [0.25, 0.3) is 0 Å². The molecule has 2 N–H and O–H groups in total. The molecule has 0 aromatic heterocycles. The van der Waals surface area contributed by atoms with Gasteiger partial charge in [0.05, 0.1) is 0 Å². The van der Waals surface area contributed by atoms with Gasteiger partial charge in [0, 0.05) is 6.92 Å². The smallest absolute Gasteiger partial charge is 0.304 e. The first-order valence-corrected chi connectivity index (χ1v) is 1.99. The molecule has 0 aromatic carbocycles. The topological polar surface area (TPSA) is 76.1 Å². The van der Waals surface area contributed by atoms with E-state index < -0.39 is 12.2 Å². The Bertz CT molecular complexity index is 126. The Balaban J connectivity index is 3.43. The van der Waals surface area contributed by atoms with E-state index in [0.717, 1.165) is 0 Å². The lowest BCUT2D eigenvalue weighted by atomic mass is 10.6. The van der Waals surface area contributed by atoms with E-state index in [1.165, 1.54) is 13.0 Å². The molecule has 8 heavy (non-hydrogen) atoms. The molecule has 0 aromatic rings. The van der Waals surface area contributed by atoms with Gasteiger partial charge in [0.2, 0.25) is 6.23 Å². The fraction of sp³-hybridized carbons (Fsp3) is 0.500. The van der Waals surface area contributed by atoms with Crippen LogP contribution >= 0.6 is 0 Å². The lowest BCUT2D eigenvalue weighted by Crippen LogP contribution is -2.23. The van der Waals surface area contributed by atoms with Gasteiger partial charge in [-0.2, -0.15) is 5.26 Å². The first-order chi connectivity index (χ1) is 3.66. The summed E-state index contributed by atoms with van der Waals surface area (Å²) in [6.45, 7) is 1.19. The zero-order chi connectivity index (χ0) is 6.57. The van der Waals surface area contributed by atoms with Crippen molar-refractivity contribution in [3.63, 3.8) is 0 Å². The number of nitriles is 1. The molecule has 0 aliphatic rings. The molecule has 0 fully saturated rings. The minimum Gasteiger partial charge on any atom is -0.433 e. The average Bonchev–Trinajstić information content (AvgIpc) is 1.65. The van der Waals surface area contributed by atoms with E-state index in [0.29, 0.717) is 0 Å². The highest BCUT2D eigenvalue weighted by Gasteiger charge is 1.99. The number of nitrogens with zero attached hydrogens (tertiary/aromatic N) is 1. The van der Waals surface area contributed by atoms with E-state index in [1.807, 2.05) is 0 Å². The van der Waals surface area contributed by atoms with Gasteiger partial charge in [-0.3, -0.25) is 10.5 Å². The van der Waals surface area contributed by atoms with Crippen LogP contribution < -0.4 is 5.73 Å². The second-order valence-electron chi connectivity index (χ2n) is 1.16. The predicted octanol–water partition coefficient (Wildman–Crippen LogP) is -0.642. The first-order valence-electron chi connectivity index (χ1n) is 1.99. The van der Waals surface area contributed by atoms with Gasteiger partial charge in [-0.1, -0.05) is 0 Å². The highest BCUT2D eigenvalue weighted by atomic mass is 16.5. The molecule has 0 aliphatic carbocycles. The van der Waals surface area contributed by atoms with Gasteiger partial charge in [-0.25, -0.2) is 0 Å². The Labute approximate surface area is 46.8 Å². The molecule has 0 heterocycles. The summed E-state index contributed by atoms with van der Waals surface area (Å²) in [4.78, 5) is 9.96. The SMILES string of the molecule is CC(=O)OC(N)C#N. The normalized spacial score (nSPS) is 11.6. The quantitative estimate of drug-likeness (QED) is 0.363. The summed E-state index contributed by atoms with van der Waals surface area (Å²) < 4.78 is 4.18. The number of hydrogen-bond donors (Lipinski definition) is 1. The first kappa shape index (κ1) is 6.92. The molecule has 0 saturated carbocycles. The zero-order valence-corrected chi connectivity index (χ0v) is 4.42. The van der Waals surface area contributed by atoms with E-state index in [2.05, 4.69) is 4.74 Å². The molecule has 1 unspecified atom stereocenters. The van der Waals surface area contributed by atoms with Gasteiger partial charge in [-0.05, 0) is 0 Å². The van der Waals surface area contributed by atoms with Crippen molar-refractivity contribution in [2.75, 3.05) is 0 Å². The molecule has 0 spiro atoms. The van der Waals surface area contributed by atoms with Crippen molar-refractivity contribution in [3.8, 4) is 6.07 Å². The summed E-state index contributed by atoms with van der Waals surface area (Å²) in [7, 11) is 0. The molecule has 4 nitrogen and oxygen atoms in total. The van der Waals surface area contributed by atoms with Gasteiger partial charge in [0.25, 0.3) is 0 Å². The number of hydrogen-bond acceptors (Lipinski definition) is 4. The summed E-state index contributed by atoms with van der Waals surface area (Å²) in [6, 6.07) is 1.53.